The molecule has 0 spiro atoms. The lowest BCUT2D eigenvalue weighted by atomic mass is 10.2. The number of fused-ring (bicyclic) bond motifs is 1. The van der Waals surface area contributed by atoms with Gasteiger partial charge in [-0.05, 0) is 36.4 Å². The van der Waals surface area contributed by atoms with E-state index in [2.05, 4.69) is 5.32 Å². The number of benzene rings is 2. The molecule has 0 saturated heterocycles. The maximum Gasteiger partial charge on any atom is 0.416 e. The number of carbonyl (C=O) groups is 1. The van der Waals surface area contributed by atoms with Gasteiger partial charge in [-0.1, -0.05) is 23.7 Å². The first kappa shape index (κ1) is 16.4. The molecule has 0 unspecified atom stereocenters. The number of aryl methyl sites for hydroxylation is 1. The summed E-state index contributed by atoms with van der Waals surface area (Å²) in [5, 5.41) is 3.85. The van der Waals surface area contributed by atoms with Gasteiger partial charge < -0.3 is 9.88 Å². The van der Waals surface area contributed by atoms with Crippen LogP contribution in [0.2, 0.25) is 5.02 Å². The molecule has 3 rings (SSSR count). The Bertz CT molecular complexity index is 931. The van der Waals surface area contributed by atoms with Crippen molar-refractivity contribution in [3.63, 3.8) is 0 Å². The lowest BCUT2D eigenvalue weighted by Gasteiger charge is -2.10. The van der Waals surface area contributed by atoms with Gasteiger partial charge in [0.15, 0.2) is 0 Å². The maximum absolute atomic E-state index is 12.7. The van der Waals surface area contributed by atoms with E-state index >= 15 is 0 Å². The molecule has 1 heterocycles. The van der Waals surface area contributed by atoms with Gasteiger partial charge in [0.05, 0.1) is 5.56 Å². The van der Waals surface area contributed by atoms with Crippen molar-refractivity contribution in [2.24, 2.45) is 7.05 Å². The number of halogens is 4. The highest BCUT2D eigenvalue weighted by atomic mass is 35.5. The Labute approximate surface area is 140 Å². The monoisotopic (exact) mass is 352 g/mol. The molecular formula is C17H12ClF3N2O. The molecule has 3 aromatic rings. The lowest BCUT2D eigenvalue weighted by Crippen LogP contribution is -2.16. The van der Waals surface area contributed by atoms with Crippen molar-refractivity contribution in [1.29, 1.82) is 0 Å². The minimum Gasteiger partial charge on any atom is -0.340 e. The quantitative estimate of drug-likeness (QED) is 0.683. The summed E-state index contributed by atoms with van der Waals surface area (Å²) in [6.07, 6.45) is -4.46. The van der Waals surface area contributed by atoms with E-state index in [1.807, 2.05) is 0 Å². The molecule has 124 valence electrons. The molecule has 7 heteroatoms. The van der Waals surface area contributed by atoms with E-state index in [9.17, 15) is 18.0 Å². The van der Waals surface area contributed by atoms with E-state index in [0.717, 1.165) is 23.0 Å². The predicted molar refractivity (Wildman–Crippen MR) is 87.3 cm³/mol. The van der Waals surface area contributed by atoms with Crippen LogP contribution in [0.1, 0.15) is 16.1 Å². The van der Waals surface area contributed by atoms with Crippen LogP contribution in [0, 0.1) is 0 Å². The molecule has 0 bridgehead atoms. The second-order valence-electron chi connectivity index (χ2n) is 5.32. The highest BCUT2D eigenvalue weighted by molar-refractivity contribution is 6.31. The number of aromatic nitrogens is 1. The minimum atomic E-state index is -4.46. The standard InChI is InChI=1S/C17H12ClF3N2O/c1-23-14-9-12(18)6-5-10(14)7-15(23)16(24)22-13-4-2-3-11(8-13)17(19,20)21/h2-9H,1H3,(H,22,24). The Morgan fingerprint density at radius 3 is 2.58 bits per heavy atom. The molecule has 0 radical (unpaired) electrons. The summed E-state index contributed by atoms with van der Waals surface area (Å²) < 4.78 is 39.9. The summed E-state index contributed by atoms with van der Waals surface area (Å²) in [6.45, 7) is 0. The fourth-order valence-electron chi connectivity index (χ4n) is 2.49. The van der Waals surface area contributed by atoms with Crippen molar-refractivity contribution < 1.29 is 18.0 Å². The zero-order valence-electron chi connectivity index (χ0n) is 12.5. The Kier molecular flexibility index (Phi) is 4.01. The van der Waals surface area contributed by atoms with Crippen molar-refractivity contribution in [1.82, 2.24) is 4.57 Å². The summed E-state index contributed by atoms with van der Waals surface area (Å²) in [5.74, 6) is -0.496. The molecular weight excluding hydrogens is 341 g/mol. The van der Waals surface area contributed by atoms with E-state index in [0.29, 0.717) is 10.7 Å². The number of amides is 1. The summed E-state index contributed by atoms with van der Waals surface area (Å²) >= 11 is 5.95. The second-order valence-corrected chi connectivity index (χ2v) is 5.76. The van der Waals surface area contributed by atoms with Crippen LogP contribution in [-0.4, -0.2) is 10.5 Å². The molecule has 0 aliphatic carbocycles. The topological polar surface area (TPSA) is 34.0 Å². The van der Waals surface area contributed by atoms with Gasteiger partial charge in [0.2, 0.25) is 0 Å². The van der Waals surface area contributed by atoms with Gasteiger partial charge >= 0.3 is 6.18 Å². The SMILES string of the molecule is Cn1c(C(=O)Nc2cccc(C(F)(F)F)c2)cc2ccc(Cl)cc21. The normalized spacial score (nSPS) is 11.7. The molecule has 0 fully saturated rings. The second kappa shape index (κ2) is 5.87. The zero-order valence-corrected chi connectivity index (χ0v) is 13.2. The largest absolute Gasteiger partial charge is 0.416 e. The third-order valence-electron chi connectivity index (χ3n) is 3.69. The molecule has 3 nitrogen and oxygen atoms in total. The first-order valence-electron chi connectivity index (χ1n) is 6.99. The van der Waals surface area contributed by atoms with Crippen molar-refractivity contribution in [2.45, 2.75) is 6.18 Å². The van der Waals surface area contributed by atoms with E-state index in [1.54, 1.807) is 35.9 Å². The van der Waals surface area contributed by atoms with Crippen LogP contribution in [0.25, 0.3) is 10.9 Å². The summed E-state index contributed by atoms with van der Waals surface area (Å²) in [5.41, 5.74) is 0.351. The van der Waals surface area contributed by atoms with Crippen molar-refractivity contribution >= 4 is 34.1 Å². The Hall–Kier alpha value is -2.47. The Balaban J connectivity index is 1.92. The van der Waals surface area contributed by atoms with Crippen LogP contribution < -0.4 is 5.32 Å². The average Bonchev–Trinajstić information content (AvgIpc) is 2.84. The number of rotatable bonds is 2. The molecule has 1 amide bonds. The average molecular weight is 353 g/mol. The van der Waals surface area contributed by atoms with Gasteiger partial charge in [-0.15, -0.1) is 0 Å². The van der Waals surface area contributed by atoms with Crippen LogP contribution in [0.4, 0.5) is 18.9 Å². The van der Waals surface area contributed by atoms with Crippen LogP contribution in [0.15, 0.2) is 48.5 Å². The summed E-state index contributed by atoms with van der Waals surface area (Å²) in [6, 6.07) is 11.4. The zero-order chi connectivity index (χ0) is 17.5. The van der Waals surface area contributed by atoms with Crippen molar-refractivity contribution in [3.8, 4) is 0 Å². The molecule has 0 saturated carbocycles. The van der Waals surface area contributed by atoms with Crippen LogP contribution in [0.3, 0.4) is 0 Å². The van der Waals surface area contributed by atoms with Crippen molar-refractivity contribution in [3.05, 3.63) is 64.8 Å². The Morgan fingerprint density at radius 1 is 1.12 bits per heavy atom. The van der Waals surface area contributed by atoms with Gasteiger partial charge in [-0.3, -0.25) is 4.79 Å². The van der Waals surface area contributed by atoms with E-state index in [-0.39, 0.29) is 5.69 Å². The van der Waals surface area contributed by atoms with E-state index in [1.165, 1.54) is 12.1 Å². The van der Waals surface area contributed by atoms with Gasteiger partial charge in [0.25, 0.3) is 5.91 Å². The number of hydrogen-bond acceptors (Lipinski definition) is 1. The smallest absolute Gasteiger partial charge is 0.340 e. The van der Waals surface area contributed by atoms with Crippen LogP contribution >= 0.6 is 11.6 Å². The van der Waals surface area contributed by atoms with Gasteiger partial charge in [0.1, 0.15) is 5.69 Å². The maximum atomic E-state index is 12.7. The predicted octanol–water partition coefficient (Wildman–Crippen LogP) is 5.10. The fraction of sp³-hybridized carbons (Fsp3) is 0.118. The first-order valence-corrected chi connectivity index (χ1v) is 7.37. The number of anilines is 1. The molecule has 1 aromatic heterocycles. The molecule has 0 atom stereocenters. The highest BCUT2D eigenvalue weighted by Crippen LogP contribution is 2.31. The Morgan fingerprint density at radius 2 is 1.88 bits per heavy atom. The number of alkyl halides is 3. The van der Waals surface area contributed by atoms with Crippen LogP contribution in [-0.2, 0) is 13.2 Å². The van der Waals surface area contributed by atoms with Gasteiger partial charge in [-0.25, -0.2) is 0 Å². The van der Waals surface area contributed by atoms with Gasteiger partial charge in [-0.2, -0.15) is 13.2 Å². The number of nitrogens with zero attached hydrogens (tertiary/aromatic N) is 1. The van der Waals surface area contributed by atoms with Gasteiger partial charge in [0, 0.05) is 28.7 Å². The first-order chi connectivity index (χ1) is 11.3. The third-order valence-corrected chi connectivity index (χ3v) is 3.92. The number of hydrogen-bond donors (Lipinski definition) is 1. The number of nitrogens with one attached hydrogen (secondary N) is 1. The minimum absolute atomic E-state index is 0.0816. The molecule has 1 N–H and O–H groups in total. The summed E-state index contributed by atoms with van der Waals surface area (Å²) in [4.78, 5) is 12.4. The molecule has 0 aliphatic heterocycles. The third kappa shape index (κ3) is 3.10. The summed E-state index contributed by atoms with van der Waals surface area (Å²) in [7, 11) is 1.69. The molecule has 2 aromatic carbocycles. The molecule has 0 aliphatic rings. The van der Waals surface area contributed by atoms with Crippen LogP contribution in [0.5, 0.6) is 0 Å². The van der Waals surface area contributed by atoms with Crippen molar-refractivity contribution in [2.75, 3.05) is 5.32 Å². The highest BCUT2D eigenvalue weighted by Gasteiger charge is 2.30. The van der Waals surface area contributed by atoms with E-state index in [4.69, 9.17) is 11.6 Å². The molecule has 24 heavy (non-hydrogen) atoms. The fourth-order valence-corrected chi connectivity index (χ4v) is 2.66. The number of carbonyl (C=O) groups excluding carboxylic acids is 1. The van der Waals surface area contributed by atoms with E-state index < -0.39 is 17.6 Å². The lowest BCUT2D eigenvalue weighted by molar-refractivity contribution is -0.137.